The van der Waals surface area contributed by atoms with Crippen LogP contribution in [0.1, 0.15) is 13.3 Å². The molecule has 1 aliphatic heterocycles. The van der Waals surface area contributed by atoms with Gasteiger partial charge in [0.25, 0.3) is 11.9 Å². The Kier molecular flexibility index (Phi) is 4.44. The molecule has 0 saturated carbocycles. The van der Waals surface area contributed by atoms with Gasteiger partial charge in [-0.2, -0.15) is 0 Å². The van der Waals surface area contributed by atoms with E-state index < -0.39 is 11.6 Å². The van der Waals surface area contributed by atoms with Gasteiger partial charge in [-0.1, -0.05) is 36.9 Å². The molecular weight excluding hydrogens is 276 g/mol. The van der Waals surface area contributed by atoms with E-state index in [9.17, 15) is 9.59 Å². The van der Waals surface area contributed by atoms with Crippen LogP contribution in [0.4, 0.5) is 0 Å². The minimum absolute atomic E-state index is 0.165. The molecule has 0 aliphatic carbocycles. The first kappa shape index (κ1) is 14.6. The zero-order valence-electron chi connectivity index (χ0n) is 11.0. The van der Waals surface area contributed by atoms with E-state index in [-0.39, 0.29) is 12.2 Å². The Morgan fingerprint density at radius 3 is 2.75 bits per heavy atom. The number of carbonyl (C=O) groups is 1. The monoisotopic (exact) mass is 291 g/mol. The smallest absolute Gasteiger partial charge is 0.256 e. The third-order valence-corrected chi connectivity index (χ3v) is 3.93. The maximum atomic E-state index is 12.3. The molecular formula is C14H15N2O3S. The Bertz CT molecular complexity index is 532. The van der Waals surface area contributed by atoms with Crippen molar-refractivity contribution in [1.82, 2.24) is 0 Å². The van der Waals surface area contributed by atoms with Crippen molar-refractivity contribution in [3.63, 3.8) is 0 Å². The van der Waals surface area contributed by atoms with E-state index in [0.29, 0.717) is 16.7 Å². The zero-order chi connectivity index (χ0) is 14.6. The van der Waals surface area contributed by atoms with Crippen molar-refractivity contribution < 1.29 is 14.3 Å². The molecule has 5 nitrogen and oxygen atoms in total. The van der Waals surface area contributed by atoms with Crippen molar-refractivity contribution in [3.8, 4) is 5.75 Å². The van der Waals surface area contributed by atoms with Gasteiger partial charge in [-0.05, 0) is 12.1 Å². The van der Waals surface area contributed by atoms with Crippen LogP contribution in [0.3, 0.4) is 0 Å². The number of thioether (sulfide) groups is 1. The molecule has 0 amide bonds. The van der Waals surface area contributed by atoms with E-state index in [4.69, 9.17) is 10.5 Å². The summed E-state index contributed by atoms with van der Waals surface area (Å²) >= 11 is 1.30. The maximum absolute atomic E-state index is 12.3. The highest BCUT2D eigenvalue weighted by Crippen LogP contribution is 2.30. The van der Waals surface area contributed by atoms with Gasteiger partial charge in [0.15, 0.2) is 11.0 Å². The molecule has 6 heteroatoms. The summed E-state index contributed by atoms with van der Waals surface area (Å²) < 4.78 is 5.69. The van der Waals surface area contributed by atoms with Gasteiger partial charge in [0.05, 0.1) is 0 Å². The normalized spacial score (nSPS) is 20.9. The highest BCUT2D eigenvalue weighted by atomic mass is 32.2. The molecule has 105 valence electrons. The number of hydrogen-bond acceptors (Lipinski definition) is 6. The number of para-hydroxylation sites is 1. The van der Waals surface area contributed by atoms with Gasteiger partial charge in [-0.15, -0.1) is 0 Å². The van der Waals surface area contributed by atoms with Crippen molar-refractivity contribution in [2.75, 3.05) is 5.75 Å². The molecule has 0 bridgehead atoms. The molecule has 2 atom stereocenters. The number of nitrogens with zero attached hydrogens (tertiary/aromatic N) is 1. The molecule has 0 aromatic heterocycles. The molecule has 1 aromatic carbocycles. The van der Waals surface area contributed by atoms with Crippen LogP contribution in [0.25, 0.3) is 0 Å². The van der Waals surface area contributed by atoms with Crippen LogP contribution in [-0.2, 0) is 9.59 Å². The van der Waals surface area contributed by atoms with Crippen LogP contribution >= 0.6 is 11.8 Å². The minimum Gasteiger partial charge on any atom is -0.469 e. The number of carbonyl (C=O) groups excluding carboxylic acids is 2. The lowest BCUT2D eigenvalue weighted by molar-refractivity contribution is -0.130. The molecule has 0 saturated heterocycles. The average molecular weight is 291 g/mol. The number of amidine groups is 1. The van der Waals surface area contributed by atoms with Crippen molar-refractivity contribution in [2.45, 2.75) is 25.0 Å². The van der Waals surface area contributed by atoms with Crippen molar-refractivity contribution >= 4 is 29.0 Å². The molecule has 2 rings (SSSR count). The average Bonchev–Trinajstić information content (AvgIpc) is 2.92. The Morgan fingerprint density at radius 2 is 2.25 bits per heavy atom. The third kappa shape index (κ3) is 2.70. The SMILES string of the molecule is CCC(=O)C([C]=O)(Oc1ccccc1)C1CSC(N)=N1. The number of nitrogens with two attached hydrogens (primary N) is 1. The minimum atomic E-state index is -1.72. The lowest BCUT2D eigenvalue weighted by Crippen LogP contribution is -2.55. The number of hydrogen-bond donors (Lipinski definition) is 1. The predicted molar refractivity (Wildman–Crippen MR) is 78.7 cm³/mol. The Labute approximate surface area is 121 Å². The fourth-order valence-corrected chi connectivity index (χ4v) is 2.83. The van der Waals surface area contributed by atoms with Crippen LogP contribution in [0, 0.1) is 0 Å². The standard InChI is InChI=1S/C14H15N2O3S/c1-2-12(18)14(9-17,11-8-20-13(15)16-11)19-10-6-4-3-5-7-10/h3-7,11H,2,8H2,1H3,(H2,15,16). The molecule has 0 spiro atoms. The third-order valence-electron chi connectivity index (χ3n) is 3.05. The van der Waals surface area contributed by atoms with Crippen LogP contribution in [0.2, 0.25) is 0 Å². The second-order valence-electron chi connectivity index (χ2n) is 4.32. The summed E-state index contributed by atoms with van der Waals surface area (Å²) in [7, 11) is 0. The Hall–Kier alpha value is -1.82. The zero-order valence-corrected chi connectivity index (χ0v) is 11.9. The molecule has 1 radical (unpaired) electrons. The van der Waals surface area contributed by atoms with Gasteiger partial charge in [0.1, 0.15) is 11.8 Å². The van der Waals surface area contributed by atoms with Crippen LogP contribution in [-0.4, -0.2) is 34.6 Å². The quantitative estimate of drug-likeness (QED) is 0.799. The number of Topliss-reactive ketones (excluding diaryl/α,β-unsaturated/α-hetero) is 1. The second-order valence-corrected chi connectivity index (χ2v) is 5.36. The largest absolute Gasteiger partial charge is 0.469 e. The fraction of sp³-hybridized carbons (Fsp3) is 0.357. The Balaban J connectivity index is 2.38. The van der Waals surface area contributed by atoms with E-state index in [2.05, 4.69) is 4.99 Å². The van der Waals surface area contributed by atoms with Crippen molar-refractivity contribution in [1.29, 1.82) is 0 Å². The van der Waals surface area contributed by atoms with Gasteiger partial charge in [-0.3, -0.25) is 14.6 Å². The molecule has 20 heavy (non-hydrogen) atoms. The number of aliphatic imine (C=N–C) groups is 1. The maximum Gasteiger partial charge on any atom is 0.256 e. The van der Waals surface area contributed by atoms with Crippen molar-refractivity contribution in [2.24, 2.45) is 10.7 Å². The summed E-state index contributed by atoms with van der Waals surface area (Å²) in [5.74, 6) is 0.517. The number of benzene rings is 1. The van der Waals surface area contributed by atoms with Gasteiger partial charge < -0.3 is 10.5 Å². The van der Waals surface area contributed by atoms with Crippen LogP contribution < -0.4 is 10.5 Å². The van der Waals surface area contributed by atoms with Crippen LogP contribution in [0.15, 0.2) is 35.3 Å². The fourth-order valence-electron chi connectivity index (χ4n) is 1.99. The van der Waals surface area contributed by atoms with Gasteiger partial charge in [0, 0.05) is 12.2 Å². The first-order chi connectivity index (χ1) is 9.62. The second kappa shape index (κ2) is 6.09. The van der Waals surface area contributed by atoms with E-state index in [0.717, 1.165) is 0 Å². The van der Waals surface area contributed by atoms with E-state index in [1.165, 1.54) is 11.8 Å². The molecule has 1 heterocycles. The lowest BCUT2D eigenvalue weighted by atomic mass is 9.90. The van der Waals surface area contributed by atoms with E-state index >= 15 is 0 Å². The summed E-state index contributed by atoms with van der Waals surface area (Å²) in [6, 6.07) is 8.08. The number of ketones is 1. The van der Waals surface area contributed by atoms with Gasteiger partial charge in [-0.25, -0.2) is 0 Å². The number of rotatable bonds is 6. The summed E-state index contributed by atoms with van der Waals surface area (Å²) in [6.45, 7) is 1.68. The van der Waals surface area contributed by atoms with Crippen molar-refractivity contribution in [3.05, 3.63) is 30.3 Å². The predicted octanol–water partition coefficient (Wildman–Crippen LogP) is 1.32. The topological polar surface area (TPSA) is 81.8 Å². The first-order valence-electron chi connectivity index (χ1n) is 6.25. The highest BCUT2D eigenvalue weighted by Gasteiger charge is 2.50. The number of ether oxygens (including phenoxy) is 1. The summed E-state index contributed by atoms with van der Waals surface area (Å²) in [4.78, 5) is 27.9. The lowest BCUT2D eigenvalue weighted by Gasteiger charge is -2.30. The van der Waals surface area contributed by atoms with Gasteiger partial charge in [0.2, 0.25) is 0 Å². The van der Waals surface area contributed by atoms with Gasteiger partial charge >= 0.3 is 0 Å². The highest BCUT2D eigenvalue weighted by molar-refractivity contribution is 8.14. The van der Waals surface area contributed by atoms with E-state index in [1.807, 2.05) is 6.07 Å². The Morgan fingerprint density at radius 1 is 1.55 bits per heavy atom. The van der Waals surface area contributed by atoms with Crippen LogP contribution in [0.5, 0.6) is 5.75 Å². The summed E-state index contributed by atoms with van der Waals surface area (Å²) in [5.41, 5.74) is 3.91. The first-order valence-corrected chi connectivity index (χ1v) is 7.23. The summed E-state index contributed by atoms with van der Waals surface area (Å²) in [6.07, 6.45) is 1.94. The molecule has 2 unspecified atom stereocenters. The summed E-state index contributed by atoms with van der Waals surface area (Å²) in [5, 5.41) is 0.357. The molecule has 1 aliphatic rings. The van der Waals surface area contributed by atoms with E-state index in [1.54, 1.807) is 37.5 Å². The molecule has 1 aromatic rings. The molecule has 0 fully saturated rings. The molecule has 2 N–H and O–H groups in total.